The van der Waals surface area contributed by atoms with Crippen LogP contribution >= 0.6 is 0 Å². The van der Waals surface area contributed by atoms with Crippen molar-refractivity contribution in [2.24, 2.45) is 5.73 Å². The van der Waals surface area contributed by atoms with Gasteiger partial charge in [0.15, 0.2) is 0 Å². The summed E-state index contributed by atoms with van der Waals surface area (Å²) in [4.78, 5) is 27.1. The molecule has 0 spiro atoms. The van der Waals surface area contributed by atoms with Crippen molar-refractivity contribution in [1.29, 1.82) is 0 Å². The number of nitrogens with zero attached hydrogens (tertiary/aromatic N) is 4. The Bertz CT molecular complexity index is 1340. The Balaban J connectivity index is 1.40. The van der Waals surface area contributed by atoms with Crippen LogP contribution in [-0.2, 0) is 15.0 Å². The predicted molar refractivity (Wildman–Crippen MR) is 153 cm³/mol. The summed E-state index contributed by atoms with van der Waals surface area (Å²) < 4.78 is 18.6. The molecule has 0 aliphatic heterocycles. The average molecular weight is 567 g/mol. The van der Waals surface area contributed by atoms with Gasteiger partial charge in [0.05, 0.1) is 28.0 Å². The lowest BCUT2D eigenvalue weighted by Crippen LogP contribution is -2.24. The van der Waals surface area contributed by atoms with E-state index in [2.05, 4.69) is 37.1 Å². The summed E-state index contributed by atoms with van der Waals surface area (Å²) in [5, 5.41) is 19.3. The van der Waals surface area contributed by atoms with E-state index in [1.807, 2.05) is 23.7 Å². The monoisotopic (exact) mass is 566 g/mol. The van der Waals surface area contributed by atoms with Gasteiger partial charge in [0.1, 0.15) is 17.7 Å². The van der Waals surface area contributed by atoms with Crippen LogP contribution in [0.25, 0.3) is 0 Å². The number of carbonyl (C=O) groups excluding carboxylic acids is 1. The van der Waals surface area contributed by atoms with Gasteiger partial charge in [-0.3, -0.25) is 15.1 Å². The molecular weight excluding hydrogens is 528 g/mol. The van der Waals surface area contributed by atoms with Crippen LogP contribution in [0.4, 0.5) is 22.0 Å². The van der Waals surface area contributed by atoms with E-state index >= 15 is 0 Å². The molecular formula is C29H38N6O6. The number of hydrogen-bond donors (Lipinski definition) is 2. The molecule has 0 radical (unpaired) electrons. The number of carbonyl (C=O) groups is 1. The van der Waals surface area contributed by atoms with Crippen LogP contribution in [0.15, 0.2) is 48.7 Å². The van der Waals surface area contributed by atoms with Gasteiger partial charge in [-0.15, -0.1) is 0 Å². The molecule has 3 aromatic rings. The molecule has 0 amide bonds. The molecule has 41 heavy (non-hydrogen) atoms. The highest BCUT2D eigenvalue weighted by Crippen LogP contribution is 2.38. The molecule has 1 aromatic carbocycles. The quantitative estimate of drug-likeness (QED) is 0.0932. The van der Waals surface area contributed by atoms with Gasteiger partial charge in [0, 0.05) is 42.6 Å². The summed E-state index contributed by atoms with van der Waals surface area (Å²) >= 11 is 0. The van der Waals surface area contributed by atoms with Gasteiger partial charge < -0.3 is 25.3 Å². The molecule has 2 aromatic heterocycles. The van der Waals surface area contributed by atoms with Crippen molar-refractivity contribution >= 4 is 23.3 Å². The molecule has 0 bridgehead atoms. The van der Waals surface area contributed by atoms with Gasteiger partial charge in [-0.05, 0) is 84.2 Å². The van der Waals surface area contributed by atoms with Gasteiger partial charge in [-0.25, -0.2) is 9.48 Å². The number of benzene rings is 1. The van der Waals surface area contributed by atoms with E-state index in [0.717, 1.165) is 35.7 Å². The highest BCUT2D eigenvalue weighted by atomic mass is 16.7. The Kier molecular flexibility index (Phi) is 9.56. The van der Waals surface area contributed by atoms with Crippen molar-refractivity contribution in [3.8, 4) is 5.75 Å². The molecule has 4 rings (SSSR count). The Morgan fingerprint density at radius 2 is 1.98 bits per heavy atom. The summed E-state index contributed by atoms with van der Waals surface area (Å²) in [5.74, 6) is 1.15. The van der Waals surface area contributed by atoms with E-state index in [9.17, 15) is 14.9 Å². The van der Waals surface area contributed by atoms with Crippen molar-refractivity contribution < 1.29 is 23.9 Å². The van der Waals surface area contributed by atoms with E-state index in [4.69, 9.17) is 25.0 Å². The van der Waals surface area contributed by atoms with Gasteiger partial charge in [-0.1, -0.05) is 0 Å². The number of anilines is 2. The number of hydrogen-bond acceptors (Lipinski definition) is 10. The lowest BCUT2D eigenvalue weighted by molar-refractivity contribution is -0.384. The molecule has 1 aliphatic rings. The molecule has 1 saturated carbocycles. The third kappa shape index (κ3) is 8.01. The number of aromatic nitrogens is 3. The minimum absolute atomic E-state index is 0.0841. The average Bonchev–Trinajstić information content (AvgIpc) is 3.56. The van der Waals surface area contributed by atoms with Crippen LogP contribution in [-0.4, -0.2) is 45.1 Å². The molecule has 12 nitrogen and oxygen atoms in total. The second kappa shape index (κ2) is 13.1. The van der Waals surface area contributed by atoms with Crippen LogP contribution in [0.1, 0.15) is 76.8 Å². The molecule has 2 heterocycles. The number of ether oxygens (including phenoxy) is 3. The van der Waals surface area contributed by atoms with Crippen LogP contribution < -0.4 is 15.8 Å². The SMILES string of the molecule is CC(OCCCN)c1cc(Nc2cc([C@H]3CC[C@@H](OC(=O)Oc4ccc([N+](=O)[O-])cc4)C3)nn2C(C)(C)C)ccn1. The number of nitro benzene ring substituents is 1. The number of rotatable bonds is 11. The minimum atomic E-state index is -0.832. The fourth-order valence-electron chi connectivity index (χ4n) is 4.73. The second-order valence-electron chi connectivity index (χ2n) is 11.1. The predicted octanol–water partition coefficient (Wildman–Crippen LogP) is 5.96. The van der Waals surface area contributed by atoms with Gasteiger partial charge in [-0.2, -0.15) is 5.10 Å². The van der Waals surface area contributed by atoms with Crippen molar-refractivity contribution in [3.63, 3.8) is 0 Å². The van der Waals surface area contributed by atoms with Crippen LogP contribution in [0, 0.1) is 10.1 Å². The normalized spacial score (nSPS) is 17.7. The molecule has 12 heteroatoms. The zero-order valence-corrected chi connectivity index (χ0v) is 23.9. The number of nitrogens with two attached hydrogens (primary N) is 1. The molecule has 3 atom stereocenters. The lowest BCUT2D eigenvalue weighted by atomic mass is 10.0. The summed E-state index contributed by atoms with van der Waals surface area (Å²) in [6, 6.07) is 11.2. The Morgan fingerprint density at radius 1 is 1.22 bits per heavy atom. The number of nitrogens with one attached hydrogen (secondary N) is 1. The highest BCUT2D eigenvalue weighted by Gasteiger charge is 2.32. The van der Waals surface area contributed by atoms with Crippen molar-refractivity contribution in [1.82, 2.24) is 14.8 Å². The van der Waals surface area contributed by atoms with E-state index in [1.54, 1.807) is 6.20 Å². The number of nitro groups is 1. The maximum atomic E-state index is 12.3. The molecule has 3 N–H and O–H groups in total. The molecule has 1 fully saturated rings. The summed E-state index contributed by atoms with van der Waals surface area (Å²) in [5.41, 5.74) is 7.83. The fraction of sp³-hybridized carbons (Fsp3) is 0.483. The topological polar surface area (TPSA) is 157 Å². The molecule has 1 unspecified atom stereocenters. The second-order valence-corrected chi connectivity index (χ2v) is 11.1. The first-order valence-corrected chi connectivity index (χ1v) is 13.8. The van der Waals surface area contributed by atoms with Gasteiger partial charge in [0.25, 0.3) is 5.69 Å². The van der Waals surface area contributed by atoms with Crippen molar-refractivity contribution in [2.75, 3.05) is 18.5 Å². The zero-order chi connectivity index (χ0) is 29.6. The van der Waals surface area contributed by atoms with Crippen molar-refractivity contribution in [2.45, 2.75) is 77.0 Å². The maximum Gasteiger partial charge on any atom is 0.514 e. The Morgan fingerprint density at radius 3 is 2.66 bits per heavy atom. The number of pyridine rings is 1. The standard InChI is InChI=1S/C29H38N6O6/c1-19(39-15-5-13-30)25-17-21(12-14-31-25)32-27-18-26(33-34(27)29(2,3)4)20-6-9-24(16-20)41-28(36)40-23-10-7-22(8-11-23)35(37)38/h7-8,10-12,14,17-20,24H,5-6,9,13,15-16,30H2,1-4H3,(H,31,32)/t19?,20-,24+/m0/s1. The first kappa shape index (κ1) is 29.9. The Hall–Kier alpha value is -4.03. The third-order valence-corrected chi connectivity index (χ3v) is 6.86. The van der Waals surface area contributed by atoms with E-state index in [1.165, 1.54) is 24.3 Å². The fourth-order valence-corrected chi connectivity index (χ4v) is 4.73. The van der Waals surface area contributed by atoms with Gasteiger partial charge in [0.2, 0.25) is 0 Å². The number of non-ortho nitro benzene ring substituents is 1. The molecule has 0 saturated heterocycles. The smallest absolute Gasteiger partial charge is 0.431 e. The first-order valence-electron chi connectivity index (χ1n) is 13.8. The van der Waals surface area contributed by atoms with Crippen LogP contribution in [0.2, 0.25) is 0 Å². The third-order valence-electron chi connectivity index (χ3n) is 6.86. The first-order chi connectivity index (χ1) is 19.5. The Labute approximate surface area is 239 Å². The molecule has 220 valence electrons. The largest absolute Gasteiger partial charge is 0.514 e. The van der Waals surface area contributed by atoms with Crippen LogP contribution in [0.3, 0.4) is 0 Å². The summed E-state index contributed by atoms with van der Waals surface area (Å²) in [7, 11) is 0. The lowest BCUT2D eigenvalue weighted by Gasteiger charge is -2.23. The minimum Gasteiger partial charge on any atom is -0.431 e. The van der Waals surface area contributed by atoms with Gasteiger partial charge >= 0.3 is 6.16 Å². The highest BCUT2D eigenvalue weighted by molar-refractivity contribution is 5.64. The van der Waals surface area contributed by atoms with E-state index in [-0.39, 0.29) is 35.1 Å². The van der Waals surface area contributed by atoms with Crippen molar-refractivity contribution in [3.05, 3.63) is 70.2 Å². The summed E-state index contributed by atoms with van der Waals surface area (Å²) in [6.07, 6.45) is 3.36. The molecule has 1 aliphatic carbocycles. The maximum absolute atomic E-state index is 12.3. The van der Waals surface area contributed by atoms with Crippen LogP contribution in [0.5, 0.6) is 5.75 Å². The summed E-state index contributed by atoms with van der Waals surface area (Å²) in [6.45, 7) is 9.42. The zero-order valence-electron chi connectivity index (χ0n) is 23.9. The van der Waals surface area contributed by atoms with E-state index < -0.39 is 11.1 Å². The van der Waals surface area contributed by atoms with E-state index in [0.29, 0.717) is 26.0 Å².